The molecular weight excluding hydrogens is 490 g/mol. The van der Waals surface area contributed by atoms with Crippen LogP contribution in [-0.2, 0) is 32.0 Å². The van der Waals surface area contributed by atoms with E-state index in [0.717, 1.165) is 5.56 Å². The summed E-state index contributed by atoms with van der Waals surface area (Å²) in [5.74, 6) is -1.77. The lowest BCUT2D eigenvalue weighted by molar-refractivity contribution is -0.139. The van der Waals surface area contributed by atoms with Gasteiger partial charge in [-0.05, 0) is 44.0 Å². The number of hydrogen-bond donors (Lipinski definition) is 4. The first-order chi connectivity index (χ1) is 17.9. The van der Waals surface area contributed by atoms with Crippen molar-refractivity contribution < 1.29 is 33.8 Å². The molecule has 3 amide bonds. The molecule has 0 saturated carbocycles. The predicted molar refractivity (Wildman–Crippen MR) is 143 cm³/mol. The first kappa shape index (κ1) is 29.9. The number of carbonyl (C=O) groups is 4. The normalized spacial score (nSPS) is 12.4. The zero-order valence-corrected chi connectivity index (χ0v) is 22.1. The first-order valence-corrected chi connectivity index (χ1v) is 12.1. The molecule has 0 radical (unpaired) electrons. The molecule has 2 aromatic carbocycles. The highest BCUT2D eigenvalue weighted by Gasteiger charge is 2.28. The molecule has 4 N–H and O–H groups in total. The number of nitrogens with one attached hydrogen (secondary N) is 3. The number of ether oxygens (including phenoxy) is 2. The van der Waals surface area contributed by atoms with Gasteiger partial charge >= 0.3 is 12.1 Å². The lowest BCUT2D eigenvalue weighted by atomic mass is 10.0. The molecule has 0 aliphatic heterocycles. The summed E-state index contributed by atoms with van der Waals surface area (Å²) in [6, 6.07) is 12.1. The Morgan fingerprint density at radius 1 is 0.947 bits per heavy atom. The van der Waals surface area contributed by atoms with Crippen molar-refractivity contribution in [1.82, 2.24) is 16.0 Å². The van der Waals surface area contributed by atoms with Crippen LogP contribution in [0.2, 0.25) is 0 Å². The molecule has 0 fully saturated rings. The second-order valence-corrected chi connectivity index (χ2v) is 9.53. The Kier molecular flexibility index (Phi) is 10.9. The van der Waals surface area contributed by atoms with E-state index in [2.05, 4.69) is 22.5 Å². The fraction of sp³-hybridized carbons (Fsp3) is 0.357. The van der Waals surface area contributed by atoms with E-state index in [9.17, 15) is 19.2 Å². The summed E-state index contributed by atoms with van der Waals surface area (Å²) in [7, 11) is 1.46. The van der Waals surface area contributed by atoms with E-state index in [1.807, 2.05) is 30.3 Å². The Labute approximate surface area is 222 Å². The smallest absolute Gasteiger partial charge is 0.408 e. The van der Waals surface area contributed by atoms with Crippen molar-refractivity contribution in [2.75, 3.05) is 13.7 Å². The van der Waals surface area contributed by atoms with Gasteiger partial charge in [0.25, 0.3) is 0 Å². The lowest BCUT2D eigenvalue weighted by Gasteiger charge is -2.25. The fourth-order valence-electron chi connectivity index (χ4n) is 3.56. The summed E-state index contributed by atoms with van der Waals surface area (Å²) in [4.78, 5) is 49.3. The molecular formula is C28H35N3O7. The third-order valence-electron chi connectivity index (χ3n) is 5.25. The van der Waals surface area contributed by atoms with Crippen molar-refractivity contribution in [1.29, 1.82) is 0 Å². The minimum Gasteiger partial charge on any atom is -0.481 e. The maximum absolute atomic E-state index is 13.3. The SMILES string of the molecule is C=Cc1cc(C[C@H](NC(=O)[C@H](Cc2ccccc2)NC(=O)OC(C)(C)C)C(=O)NC)ccc1OCC(=O)O. The van der Waals surface area contributed by atoms with E-state index < -0.39 is 48.2 Å². The molecule has 0 aliphatic rings. The minimum atomic E-state index is -1.11. The van der Waals surface area contributed by atoms with E-state index in [1.54, 1.807) is 39.0 Å². The van der Waals surface area contributed by atoms with Crippen LogP contribution in [0.15, 0.2) is 55.1 Å². The lowest BCUT2D eigenvalue weighted by Crippen LogP contribution is -2.55. The molecule has 10 heteroatoms. The molecule has 2 rings (SSSR count). The molecule has 0 aliphatic carbocycles. The average Bonchev–Trinajstić information content (AvgIpc) is 2.85. The second-order valence-electron chi connectivity index (χ2n) is 9.53. The Morgan fingerprint density at radius 3 is 2.16 bits per heavy atom. The summed E-state index contributed by atoms with van der Waals surface area (Å²) in [5, 5.41) is 16.8. The fourth-order valence-corrected chi connectivity index (χ4v) is 3.56. The van der Waals surface area contributed by atoms with Gasteiger partial charge in [-0.15, -0.1) is 0 Å². The summed E-state index contributed by atoms with van der Waals surface area (Å²) in [6.45, 7) is 8.37. The van der Waals surface area contributed by atoms with Crippen LogP contribution in [0.3, 0.4) is 0 Å². The van der Waals surface area contributed by atoms with Crippen LogP contribution in [0.4, 0.5) is 4.79 Å². The van der Waals surface area contributed by atoms with Crippen LogP contribution in [0, 0.1) is 0 Å². The number of alkyl carbamates (subject to hydrolysis) is 1. The highest BCUT2D eigenvalue weighted by molar-refractivity contribution is 5.91. The third kappa shape index (κ3) is 9.96. The van der Waals surface area contributed by atoms with Crippen LogP contribution < -0.4 is 20.7 Å². The van der Waals surface area contributed by atoms with E-state index in [4.69, 9.17) is 14.6 Å². The molecule has 0 bridgehead atoms. The third-order valence-corrected chi connectivity index (χ3v) is 5.25. The molecule has 204 valence electrons. The van der Waals surface area contributed by atoms with Gasteiger partial charge in [-0.3, -0.25) is 9.59 Å². The number of rotatable bonds is 12. The summed E-state index contributed by atoms with van der Waals surface area (Å²) in [6.07, 6.45) is 1.06. The summed E-state index contributed by atoms with van der Waals surface area (Å²) in [5.41, 5.74) is 1.27. The zero-order valence-electron chi connectivity index (χ0n) is 22.1. The number of carboxylic acids is 1. The second kappa shape index (κ2) is 13.8. The van der Waals surface area contributed by atoms with Crippen molar-refractivity contribution in [2.24, 2.45) is 0 Å². The van der Waals surface area contributed by atoms with Gasteiger partial charge in [0, 0.05) is 25.5 Å². The van der Waals surface area contributed by atoms with E-state index in [-0.39, 0.29) is 12.8 Å². The average molecular weight is 526 g/mol. The number of likely N-dealkylation sites (N-methyl/N-ethyl adjacent to an activating group) is 1. The van der Waals surface area contributed by atoms with Gasteiger partial charge in [-0.1, -0.05) is 49.1 Å². The minimum absolute atomic E-state index is 0.121. The molecule has 0 saturated heterocycles. The number of carbonyl (C=O) groups excluding carboxylic acids is 3. The Bertz CT molecular complexity index is 1140. The zero-order chi connectivity index (χ0) is 28.3. The topological polar surface area (TPSA) is 143 Å². The molecule has 2 atom stereocenters. The van der Waals surface area contributed by atoms with Crippen LogP contribution in [0.5, 0.6) is 5.75 Å². The Hall–Kier alpha value is -4.34. The van der Waals surface area contributed by atoms with Crippen LogP contribution in [0.1, 0.15) is 37.5 Å². The monoisotopic (exact) mass is 525 g/mol. The number of aliphatic carboxylic acids is 1. The van der Waals surface area contributed by atoms with Crippen LogP contribution >= 0.6 is 0 Å². The first-order valence-electron chi connectivity index (χ1n) is 12.1. The van der Waals surface area contributed by atoms with Crippen molar-refractivity contribution in [3.05, 3.63) is 71.8 Å². The molecule has 0 unspecified atom stereocenters. The van der Waals surface area contributed by atoms with Crippen LogP contribution in [0.25, 0.3) is 6.08 Å². The van der Waals surface area contributed by atoms with Crippen molar-refractivity contribution in [3.63, 3.8) is 0 Å². The van der Waals surface area contributed by atoms with E-state index in [1.165, 1.54) is 13.1 Å². The summed E-state index contributed by atoms with van der Waals surface area (Å²) >= 11 is 0. The van der Waals surface area contributed by atoms with Gasteiger partial charge in [0.05, 0.1) is 0 Å². The Balaban J connectivity index is 2.24. The number of amides is 3. The predicted octanol–water partition coefficient (Wildman–Crippen LogP) is 2.70. The largest absolute Gasteiger partial charge is 0.481 e. The molecule has 0 heterocycles. The van der Waals surface area contributed by atoms with Gasteiger partial charge in [0.2, 0.25) is 11.8 Å². The van der Waals surface area contributed by atoms with Gasteiger partial charge in [-0.2, -0.15) is 0 Å². The van der Waals surface area contributed by atoms with Gasteiger partial charge in [0.15, 0.2) is 6.61 Å². The standard InChI is InChI=1S/C28H35N3O7/c1-6-20-14-19(12-13-23(20)37-17-24(32)33)16-21(25(34)29-5)30-26(35)22(15-18-10-8-7-9-11-18)31-27(36)38-28(2,3)4/h6-14,21-22H,1,15-17H2,2-5H3,(H,29,34)(H,30,35)(H,31,36)(H,32,33)/t21-,22-/m0/s1. The maximum Gasteiger partial charge on any atom is 0.408 e. The highest BCUT2D eigenvalue weighted by Crippen LogP contribution is 2.22. The number of benzene rings is 2. The van der Waals surface area contributed by atoms with Crippen LogP contribution in [-0.4, -0.2) is 60.3 Å². The van der Waals surface area contributed by atoms with E-state index >= 15 is 0 Å². The molecule has 10 nitrogen and oxygen atoms in total. The highest BCUT2D eigenvalue weighted by atomic mass is 16.6. The van der Waals surface area contributed by atoms with Gasteiger partial charge in [0.1, 0.15) is 23.4 Å². The van der Waals surface area contributed by atoms with E-state index in [0.29, 0.717) is 16.9 Å². The van der Waals surface area contributed by atoms with Crippen molar-refractivity contribution >= 4 is 30.0 Å². The quantitative estimate of drug-likeness (QED) is 0.334. The van der Waals surface area contributed by atoms with Crippen molar-refractivity contribution in [3.8, 4) is 5.75 Å². The molecule has 0 aromatic heterocycles. The molecule has 0 spiro atoms. The number of hydrogen-bond acceptors (Lipinski definition) is 6. The molecule has 38 heavy (non-hydrogen) atoms. The summed E-state index contributed by atoms with van der Waals surface area (Å²) < 4.78 is 10.6. The van der Waals surface area contributed by atoms with Gasteiger partial charge in [-0.25, -0.2) is 9.59 Å². The Morgan fingerprint density at radius 2 is 1.58 bits per heavy atom. The van der Waals surface area contributed by atoms with Crippen molar-refractivity contribution in [2.45, 2.75) is 51.3 Å². The maximum atomic E-state index is 13.3. The molecule has 2 aromatic rings. The number of carboxylic acid groups (broad SMARTS) is 1. The van der Waals surface area contributed by atoms with Gasteiger partial charge < -0.3 is 30.5 Å².